The Morgan fingerprint density at radius 3 is 1.85 bits per heavy atom. The maximum Gasteiger partial charge on any atom is 0.327 e. The first-order chi connectivity index (χ1) is 18.5. The molecule has 0 fully saturated rings. The van der Waals surface area contributed by atoms with Gasteiger partial charge in [-0.05, 0) is 36.1 Å². The van der Waals surface area contributed by atoms with E-state index in [4.69, 9.17) is 10.8 Å². The number of carbonyl (C=O) groups excluding carboxylic acids is 3. The molecule has 12 nitrogen and oxygen atoms in total. The lowest BCUT2D eigenvalue weighted by Gasteiger charge is -2.25. The normalized spacial score (nSPS) is 13.8. The van der Waals surface area contributed by atoms with Crippen molar-refractivity contribution in [3.63, 3.8) is 0 Å². The maximum atomic E-state index is 13.2. The molecule has 0 saturated carbocycles. The van der Waals surface area contributed by atoms with E-state index in [1.807, 2.05) is 0 Å². The topological polar surface area (TPSA) is 208 Å². The summed E-state index contributed by atoms with van der Waals surface area (Å²) in [6.45, 7) is 0. The van der Waals surface area contributed by atoms with Crippen LogP contribution in [0.15, 0.2) is 54.6 Å². The van der Waals surface area contributed by atoms with Gasteiger partial charge in [-0.15, -0.1) is 0 Å². The van der Waals surface area contributed by atoms with Gasteiger partial charge in [-0.1, -0.05) is 42.5 Å². The maximum absolute atomic E-state index is 13.2. The summed E-state index contributed by atoms with van der Waals surface area (Å²) in [5, 5.41) is 35.2. The van der Waals surface area contributed by atoms with E-state index in [0.29, 0.717) is 5.56 Å². The summed E-state index contributed by atoms with van der Waals surface area (Å²) in [6.07, 6.45) is -0.662. The Morgan fingerprint density at radius 1 is 0.744 bits per heavy atom. The van der Waals surface area contributed by atoms with Gasteiger partial charge in [0.25, 0.3) is 0 Å². The van der Waals surface area contributed by atoms with Gasteiger partial charge >= 0.3 is 11.9 Å². The molecule has 210 valence electrons. The average molecular weight is 561 g/mol. The van der Waals surface area contributed by atoms with E-state index < -0.39 is 60.2 Å². The SMILES string of the molecule is NC(Cc1ccccc1)C(=O)NC(CCC(=O)O)C(=O)NC(Cc1ccc(O)cc1)C(=O)NC(CS)C(=O)O. The number of benzene rings is 2. The van der Waals surface area contributed by atoms with E-state index in [1.165, 1.54) is 24.3 Å². The minimum absolute atomic E-state index is 0.0203. The molecule has 8 N–H and O–H groups in total. The number of carbonyl (C=O) groups is 5. The van der Waals surface area contributed by atoms with Crippen LogP contribution in [0.5, 0.6) is 5.75 Å². The van der Waals surface area contributed by atoms with Gasteiger partial charge in [-0.25, -0.2) is 4.79 Å². The largest absolute Gasteiger partial charge is 0.508 e. The molecule has 2 aromatic carbocycles. The number of amides is 3. The van der Waals surface area contributed by atoms with Crippen LogP contribution in [0.25, 0.3) is 0 Å². The summed E-state index contributed by atoms with van der Waals surface area (Å²) in [6, 6.07) is 9.71. The third-order valence-corrected chi connectivity index (χ3v) is 6.09. The van der Waals surface area contributed by atoms with Crippen LogP contribution in [0.1, 0.15) is 24.0 Å². The number of nitrogens with two attached hydrogens (primary N) is 1. The Balaban J connectivity index is 2.21. The standard InChI is InChI=1S/C26H32N4O8S/c27-18(12-15-4-2-1-3-5-15)23(34)28-19(10-11-22(32)33)24(35)29-20(13-16-6-8-17(31)9-7-16)25(36)30-21(14-39)26(37)38/h1-9,18-21,31,39H,10-14,27H2,(H,28,34)(H,29,35)(H,30,36)(H,32,33)(H,37,38). The van der Waals surface area contributed by atoms with Crippen LogP contribution in [0.3, 0.4) is 0 Å². The fraction of sp³-hybridized carbons (Fsp3) is 0.346. The van der Waals surface area contributed by atoms with Crippen molar-refractivity contribution in [2.75, 3.05) is 5.75 Å². The zero-order chi connectivity index (χ0) is 28.9. The predicted octanol–water partition coefficient (Wildman–Crippen LogP) is -0.162. The van der Waals surface area contributed by atoms with Gasteiger partial charge in [-0.3, -0.25) is 19.2 Å². The Kier molecular flexibility index (Phi) is 12.2. The highest BCUT2D eigenvalue weighted by Gasteiger charge is 2.30. The molecule has 0 aliphatic heterocycles. The minimum atomic E-state index is -1.34. The van der Waals surface area contributed by atoms with Crippen LogP contribution < -0.4 is 21.7 Å². The summed E-state index contributed by atoms with van der Waals surface area (Å²) >= 11 is 3.92. The summed E-state index contributed by atoms with van der Waals surface area (Å²) in [7, 11) is 0. The van der Waals surface area contributed by atoms with Gasteiger partial charge < -0.3 is 37.0 Å². The Hall–Kier alpha value is -4.10. The average Bonchev–Trinajstić information content (AvgIpc) is 2.90. The van der Waals surface area contributed by atoms with Gasteiger partial charge in [0.2, 0.25) is 17.7 Å². The number of aromatic hydroxyl groups is 1. The fourth-order valence-electron chi connectivity index (χ4n) is 3.58. The van der Waals surface area contributed by atoms with Crippen molar-refractivity contribution in [3.05, 3.63) is 65.7 Å². The number of phenols is 1. The molecule has 0 spiro atoms. The number of thiol groups is 1. The molecule has 4 unspecified atom stereocenters. The first kappa shape index (κ1) is 31.1. The number of hydrogen-bond donors (Lipinski definition) is 8. The first-order valence-corrected chi connectivity index (χ1v) is 12.7. The Bertz CT molecular complexity index is 1150. The molecule has 0 aliphatic rings. The van der Waals surface area contributed by atoms with Crippen molar-refractivity contribution in [3.8, 4) is 5.75 Å². The van der Waals surface area contributed by atoms with Gasteiger partial charge in [-0.2, -0.15) is 12.6 Å². The van der Waals surface area contributed by atoms with E-state index in [1.54, 1.807) is 30.3 Å². The van der Waals surface area contributed by atoms with Crippen molar-refractivity contribution in [1.82, 2.24) is 16.0 Å². The zero-order valence-corrected chi connectivity index (χ0v) is 21.8. The van der Waals surface area contributed by atoms with Crippen molar-refractivity contribution >= 4 is 42.3 Å². The predicted molar refractivity (Wildman–Crippen MR) is 144 cm³/mol. The van der Waals surface area contributed by atoms with E-state index in [0.717, 1.165) is 5.56 Å². The molecule has 0 heterocycles. The highest BCUT2D eigenvalue weighted by molar-refractivity contribution is 7.80. The quantitative estimate of drug-likeness (QED) is 0.136. The van der Waals surface area contributed by atoms with E-state index in [2.05, 4.69) is 28.6 Å². The molecule has 3 amide bonds. The van der Waals surface area contributed by atoms with Gasteiger partial charge in [0, 0.05) is 18.6 Å². The van der Waals surface area contributed by atoms with Crippen molar-refractivity contribution in [1.29, 1.82) is 0 Å². The molecule has 0 bridgehead atoms. The fourth-order valence-corrected chi connectivity index (χ4v) is 3.83. The lowest BCUT2D eigenvalue weighted by molar-refractivity contribution is -0.141. The second-order valence-corrected chi connectivity index (χ2v) is 9.17. The summed E-state index contributed by atoms with van der Waals surface area (Å²) in [4.78, 5) is 61.5. The molecule has 0 aromatic heterocycles. The van der Waals surface area contributed by atoms with E-state index in [9.17, 15) is 34.2 Å². The van der Waals surface area contributed by atoms with Crippen LogP contribution in [-0.2, 0) is 36.8 Å². The van der Waals surface area contributed by atoms with Gasteiger partial charge in [0.1, 0.15) is 23.9 Å². The van der Waals surface area contributed by atoms with Crippen LogP contribution in [0.2, 0.25) is 0 Å². The Labute approximate surface area is 230 Å². The monoisotopic (exact) mass is 560 g/mol. The molecule has 0 aliphatic carbocycles. The molecule has 2 rings (SSSR count). The summed E-state index contributed by atoms with van der Waals surface area (Å²) < 4.78 is 0. The van der Waals surface area contributed by atoms with E-state index in [-0.39, 0.29) is 30.8 Å². The van der Waals surface area contributed by atoms with Crippen LogP contribution in [0.4, 0.5) is 0 Å². The second kappa shape index (κ2) is 15.3. The number of aliphatic carboxylic acids is 2. The number of nitrogens with one attached hydrogen (secondary N) is 3. The molecular weight excluding hydrogens is 528 g/mol. The lowest BCUT2D eigenvalue weighted by Crippen LogP contribution is -2.58. The molecular formula is C26H32N4O8S. The van der Waals surface area contributed by atoms with Crippen molar-refractivity contribution in [2.45, 2.75) is 49.9 Å². The van der Waals surface area contributed by atoms with Crippen LogP contribution >= 0.6 is 12.6 Å². The molecule has 4 atom stereocenters. The lowest BCUT2D eigenvalue weighted by atomic mass is 10.0. The number of rotatable bonds is 15. The van der Waals surface area contributed by atoms with E-state index >= 15 is 0 Å². The zero-order valence-electron chi connectivity index (χ0n) is 20.9. The minimum Gasteiger partial charge on any atom is -0.508 e. The summed E-state index contributed by atoms with van der Waals surface area (Å²) in [5.74, 6) is -5.13. The number of carboxylic acids is 2. The first-order valence-electron chi connectivity index (χ1n) is 12.0. The molecule has 39 heavy (non-hydrogen) atoms. The second-order valence-electron chi connectivity index (χ2n) is 8.80. The van der Waals surface area contributed by atoms with Crippen LogP contribution in [-0.4, -0.2) is 74.9 Å². The van der Waals surface area contributed by atoms with Gasteiger partial charge in [0.15, 0.2) is 0 Å². The number of carboxylic acid groups (broad SMARTS) is 2. The summed E-state index contributed by atoms with van der Waals surface area (Å²) in [5.41, 5.74) is 7.32. The third kappa shape index (κ3) is 10.7. The Morgan fingerprint density at radius 2 is 1.28 bits per heavy atom. The number of phenolic OH excluding ortho intramolecular Hbond substituents is 1. The molecule has 0 saturated heterocycles. The van der Waals surface area contributed by atoms with Crippen molar-refractivity contribution in [2.24, 2.45) is 5.73 Å². The molecule has 13 heteroatoms. The number of hydrogen-bond acceptors (Lipinski definition) is 8. The highest BCUT2D eigenvalue weighted by Crippen LogP contribution is 2.12. The molecule has 2 aromatic rings. The third-order valence-electron chi connectivity index (χ3n) is 5.72. The molecule has 0 radical (unpaired) electrons. The van der Waals surface area contributed by atoms with Gasteiger partial charge in [0.05, 0.1) is 6.04 Å². The van der Waals surface area contributed by atoms with Crippen LogP contribution in [0, 0.1) is 0 Å². The smallest absolute Gasteiger partial charge is 0.327 e. The van der Waals surface area contributed by atoms with Crippen molar-refractivity contribution < 1.29 is 39.3 Å². The highest BCUT2D eigenvalue weighted by atomic mass is 32.1.